The molecule has 0 aliphatic carbocycles. The van der Waals surface area contributed by atoms with Gasteiger partial charge in [-0.25, -0.2) is 14.4 Å². The van der Waals surface area contributed by atoms with Crippen LogP contribution < -0.4 is 9.64 Å². The zero-order valence-corrected chi connectivity index (χ0v) is 16.2. The fourth-order valence-corrected chi connectivity index (χ4v) is 3.99. The number of alkyl halides is 1. The first-order chi connectivity index (χ1) is 13.7. The number of anilines is 1. The van der Waals surface area contributed by atoms with Gasteiger partial charge in [0.05, 0.1) is 6.61 Å². The van der Waals surface area contributed by atoms with E-state index in [2.05, 4.69) is 14.9 Å². The number of piperidine rings is 1. The Labute approximate surface area is 166 Å². The summed E-state index contributed by atoms with van der Waals surface area (Å²) in [7, 11) is 0. The summed E-state index contributed by atoms with van der Waals surface area (Å²) in [5.74, 6) is 0.911. The molecule has 1 fully saturated rings. The number of rotatable bonds is 7. The van der Waals surface area contributed by atoms with Crippen molar-refractivity contribution in [2.75, 3.05) is 31.3 Å². The molecule has 0 spiro atoms. The van der Waals surface area contributed by atoms with Crippen molar-refractivity contribution in [3.05, 3.63) is 35.2 Å². The molecular formula is C20H22FN3O3S. The summed E-state index contributed by atoms with van der Waals surface area (Å²) in [6.45, 7) is 1.01. The number of aromatic nitrogens is 2. The quantitative estimate of drug-likeness (QED) is 0.639. The highest BCUT2D eigenvalue weighted by atomic mass is 32.1. The summed E-state index contributed by atoms with van der Waals surface area (Å²) >= 11 is 1.66. The van der Waals surface area contributed by atoms with Gasteiger partial charge in [-0.05, 0) is 37.5 Å². The first kappa shape index (κ1) is 18.9. The Morgan fingerprint density at radius 1 is 1.29 bits per heavy atom. The number of benzene rings is 1. The number of hydrogen-bond donors (Lipinski definition) is 1. The van der Waals surface area contributed by atoms with Crippen molar-refractivity contribution in [3.8, 4) is 5.75 Å². The SMILES string of the molecule is OCC(CF)Oc1ccc2nc(/C=C/c3cnc(N4CCCCC4)s3)oc2c1. The standard InChI is InChI=1S/C20H22FN3O3S/c21-11-15(13-25)26-14-4-6-17-18(10-14)27-19(23-17)7-5-16-12-22-20(28-16)24-8-2-1-3-9-24/h4-7,10,12,15,25H,1-3,8-9,11,13H2/b7-5+. The van der Waals surface area contributed by atoms with Gasteiger partial charge in [-0.2, -0.15) is 0 Å². The second kappa shape index (κ2) is 8.70. The molecule has 0 radical (unpaired) electrons. The summed E-state index contributed by atoms with van der Waals surface area (Å²) in [6, 6.07) is 5.09. The molecule has 8 heteroatoms. The Hall–Kier alpha value is -2.45. The molecule has 0 saturated carbocycles. The van der Waals surface area contributed by atoms with E-state index in [1.165, 1.54) is 19.3 Å². The number of aliphatic hydroxyl groups excluding tert-OH is 1. The number of nitrogens with zero attached hydrogens (tertiary/aromatic N) is 3. The third kappa shape index (κ3) is 4.34. The van der Waals surface area contributed by atoms with Crippen molar-refractivity contribution in [1.82, 2.24) is 9.97 Å². The van der Waals surface area contributed by atoms with E-state index in [4.69, 9.17) is 14.3 Å². The van der Waals surface area contributed by atoms with E-state index in [0.29, 0.717) is 22.7 Å². The van der Waals surface area contributed by atoms with E-state index in [1.807, 2.05) is 18.3 Å². The minimum atomic E-state index is -0.875. The number of aliphatic hydroxyl groups is 1. The first-order valence-electron chi connectivity index (χ1n) is 9.38. The van der Waals surface area contributed by atoms with Crippen molar-refractivity contribution in [2.45, 2.75) is 25.4 Å². The van der Waals surface area contributed by atoms with Crippen molar-refractivity contribution in [3.63, 3.8) is 0 Å². The van der Waals surface area contributed by atoms with E-state index >= 15 is 0 Å². The molecule has 1 aliphatic heterocycles. The maximum Gasteiger partial charge on any atom is 0.220 e. The van der Waals surface area contributed by atoms with Crippen LogP contribution in [0.25, 0.3) is 23.3 Å². The van der Waals surface area contributed by atoms with Crippen LogP contribution in [0.4, 0.5) is 9.52 Å². The Bertz CT molecular complexity index is 945. The lowest BCUT2D eigenvalue weighted by Crippen LogP contribution is -2.29. The summed E-state index contributed by atoms with van der Waals surface area (Å²) in [5.41, 5.74) is 1.23. The van der Waals surface area contributed by atoms with Gasteiger partial charge in [0.1, 0.15) is 24.0 Å². The Kier molecular flexibility index (Phi) is 5.87. The maximum atomic E-state index is 12.7. The van der Waals surface area contributed by atoms with Gasteiger partial charge < -0.3 is 19.2 Å². The molecule has 28 heavy (non-hydrogen) atoms. The molecule has 1 N–H and O–H groups in total. The highest BCUT2D eigenvalue weighted by Crippen LogP contribution is 2.27. The predicted octanol–water partition coefficient (Wildman–Crippen LogP) is 4.15. The van der Waals surface area contributed by atoms with E-state index in [9.17, 15) is 4.39 Å². The molecule has 3 aromatic rings. The van der Waals surface area contributed by atoms with Crippen LogP contribution in [0.1, 0.15) is 30.0 Å². The minimum Gasteiger partial charge on any atom is -0.485 e. The molecule has 3 heterocycles. The van der Waals surface area contributed by atoms with Gasteiger partial charge in [0.2, 0.25) is 5.89 Å². The number of thiazole rings is 1. The first-order valence-corrected chi connectivity index (χ1v) is 10.2. The fourth-order valence-electron chi connectivity index (χ4n) is 3.12. The van der Waals surface area contributed by atoms with Gasteiger partial charge in [0.25, 0.3) is 0 Å². The van der Waals surface area contributed by atoms with Gasteiger partial charge in [0.15, 0.2) is 10.7 Å². The van der Waals surface area contributed by atoms with Gasteiger partial charge >= 0.3 is 0 Å². The molecule has 2 aromatic heterocycles. The largest absolute Gasteiger partial charge is 0.485 e. The van der Waals surface area contributed by atoms with Crippen LogP contribution in [-0.2, 0) is 0 Å². The summed E-state index contributed by atoms with van der Waals surface area (Å²) in [4.78, 5) is 12.3. The normalized spacial score (nSPS) is 16.1. The highest BCUT2D eigenvalue weighted by molar-refractivity contribution is 7.16. The smallest absolute Gasteiger partial charge is 0.220 e. The van der Waals surface area contributed by atoms with Crippen LogP contribution >= 0.6 is 11.3 Å². The maximum absolute atomic E-state index is 12.7. The van der Waals surface area contributed by atoms with Gasteiger partial charge in [-0.3, -0.25) is 0 Å². The average Bonchev–Trinajstić information content (AvgIpc) is 3.37. The number of halogens is 1. The lowest BCUT2D eigenvalue weighted by Gasteiger charge is -2.25. The summed E-state index contributed by atoms with van der Waals surface area (Å²) in [5, 5.41) is 10.1. The molecule has 1 unspecified atom stereocenters. The van der Waals surface area contributed by atoms with Crippen molar-refractivity contribution in [2.24, 2.45) is 0 Å². The van der Waals surface area contributed by atoms with Crippen molar-refractivity contribution in [1.29, 1.82) is 0 Å². The monoisotopic (exact) mass is 403 g/mol. The van der Waals surface area contributed by atoms with Crippen LogP contribution in [0.5, 0.6) is 5.75 Å². The third-order valence-electron chi connectivity index (χ3n) is 4.58. The van der Waals surface area contributed by atoms with Crippen LogP contribution in [0.3, 0.4) is 0 Å². The predicted molar refractivity (Wildman–Crippen MR) is 109 cm³/mol. The minimum absolute atomic E-state index is 0.382. The summed E-state index contributed by atoms with van der Waals surface area (Å²) in [6.07, 6.45) is 8.50. The Morgan fingerprint density at radius 2 is 2.14 bits per heavy atom. The van der Waals surface area contributed by atoms with E-state index < -0.39 is 12.8 Å². The number of ether oxygens (including phenoxy) is 1. The van der Waals surface area contributed by atoms with Crippen molar-refractivity contribution < 1.29 is 18.7 Å². The molecule has 1 atom stereocenters. The Morgan fingerprint density at radius 3 is 2.93 bits per heavy atom. The molecule has 1 aliphatic rings. The van der Waals surface area contributed by atoms with Gasteiger partial charge in [0, 0.05) is 36.3 Å². The highest BCUT2D eigenvalue weighted by Gasteiger charge is 2.14. The molecule has 148 valence electrons. The molecular weight excluding hydrogens is 381 g/mol. The van der Waals surface area contributed by atoms with Crippen LogP contribution in [-0.4, -0.2) is 47.5 Å². The molecule has 4 rings (SSSR count). The lowest BCUT2D eigenvalue weighted by molar-refractivity contribution is 0.0932. The zero-order valence-electron chi connectivity index (χ0n) is 15.4. The number of fused-ring (bicyclic) bond motifs is 1. The van der Waals surface area contributed by atoms with E-state index in [-0.39, 0.29) is 6.61 Å². The van der Waals surface area contributed by atoms with Gasteiger partial charge in [-0.15, -0.1) is 0 Å². The molecule has 1 saturated heterocycles. The summed E-state index contributed by atoms with van der Waals surface area (Å²) < 4.78 is 23.8. The average molecular weight is 403 g/mol. The second-order valence-corrected chi connectivity index (χ2v) is 7.73. The molecule has 1 aromatic carbocycles. The Balaban J connectivity index is 1.46. The second-order valence-electron chi connectivity index (χ2n) is 6.68. The third-order valence-corrected chi connectivity index (χ3v) is 5.61. The topological polar surface area (TPSA) is 71.6 Å². The number of oxazole rings is 1. The van der Waals surface area contributed by atoms with Crippen LogP contribution in [0.15, 0.2) is 28.8 Å². The van der Waals surface area contributed by atoms with Crippen molar-refractivity contribution >= 4 is 39.7 Å². The van der Waals surface area contributed by atoms with E-state index in [1.54, 1.807) is 29.5 Å². The zero-order chi connectivity index (χ0) is 19.3. The van der Waals surface area contributed by atoms with Crippen LogP contribution in [0, 0.1) is 0 Å². The molecule has 0 amide bonds. The lowest BCUT2D eigenvalue weighted by atomic mass is 10.1. The van der Waals surface area contributed by atoms with E-state index in [0.717, 1.165) is 23.1 Å². The van der Waals surface area contributed by atoms with Gasteiger partial charge in [-0.1, -0.05) is 11.3 Å². The van der Waals surface area contributed by atoms with Crippen LogP contribution in [0.2, 0.25) is 0 Å². The number of hydrogen-bond acceptors (Lipinski definition) is 7. The molecule has 6 nitrogen and oxygen atoms in total. The molecule has 0 bridgehead atoms. The fraction of sp³-hybridized carbons (Fsp3) is 0.400.